The number of nitrogens with one attached hydrogen (secondary N) is 1. The fourth-order valence-corrected chi connectivity index (χ4v) is 3.30. The number of anilines is 1. The fraction of sp³-hybridized carbons (Fsp3) is 0.143. The maximum atomic E-state index is 13.0. The lowest BCUT2D eigenvalue weighted by Gasteiger charge is -2.08. The van der Waals surface area contributed by atoms with Gasteiger partial charge in [0.2, 0.25) is 5.91 Å². The molecule has 0 spiro atoms. The van der Waals surface area contributed by atoms with Gasteiger partial charge in [-0.05, 0) is 29.6 Å². The Morgan fingerprint density at radius 2 is 2.14 bits per heavy atom. The highest BCUT2D eigenvalue weighted by Crippen LogP contribution is 2.19. The van der Waals surface area contributed by atoms with Crippen molar-refractivity contribution in [3.63, 3.8) is 0 Å². The van der Waals surface area contributed by atoms with Crippen LogP contribution in [0.4, 0.5) is 10.1 Å². The van der Waals surface area contributed by atoms with Crippen molar-refractivity contribution in [2.24, 2.45) is 0 Å². The van der Waals surface area contributed by atoms with E-state index >= 15 is 0 Å². The van der Waals surface area contributed by atoms with E-state index in [2.05, 4.69) is 5.32 Å². The number of carboxylic acid groups (broad SMARTS) is 1. The first-order valence-corrected chi connectivity index (χ1v) is 8.02. The maximum Gasteiger partial charge on any atom is 0.337 e. The van der Waals surface area contributed by atoms with Crippen LogP contribution >= 0.6 is 23.1 Å². The van der Waals surface area contributed by atoms with E-state index in [0.29, 0.717) is 0 Å². The molecule has 0 atom stereocenters. The smallest absolute Gasteiger partial charge is 0.337 e. The third-order valence-electron chi connectivity index (χ3n) is 2.54. The molecular formula is C14H12FNO3S2. The molecule has 2 N–H and O–H groups in total. The number of aromatic carboxylic acids is 1. The Hall–Kier alpha value is -1.86. The van der Waals surface area contributed by atoms with Gasteiger partial charge >= 0.3 is 5.97 Å². The van der Waals surface area contributed by atoms with Gasteiger partial charge in [-0.2, -0.15) is 0 Å². The summed E-state index contributed by atoms with van der Waals surface area (Å²) in [5.74, 6) is -1.33. The molecule has 1 amide bonds. The van der Waals surface area contributed by atoms with Crippen molar-refractivity contribution < 1.29 is 19.1 Å². The van der Waals surface area contributed by atoms with Crippen LogP contribution in [0.15, 0.2) is 35.7 Å². The van der Waals surface area contributed by atoms with Gasteiger partial charge in [-0.25, -0.2) is 9.18 Å². The molecule has 1 aromatic carbocycles. The zero-order valence-corrected chi connectivity index (χ0v) is 12.5. The Kier molecular flexibility index (Phi) is 5.35. The molecule has 0 aliphatic carbocycles. The molecule has 0 aliphatic rings. The standard InChI is InChI=1S/C14H12FNO3S2/c15-9-3-4-12(11(6-9)14(18)19)16-13(17)8-20-7-10-2-1-5-21-10/h1-6H,7-8H2,(H,16,17)(H,18,19). The number of halogens is 1. The van der Waals surface area contributed by atoms with Crippen molar-refractivity contribution in [2.75, 3.05) is 11.1 Å². The minimum Gasteiger partial charge on any atom is -0.478 e. The molecule has 2 aromatic rings. The second kappa shape index (κ2) is 7.24. The molecule has 110 valence electrons. The average molecular weight is 325 g/mol. The Morgan fingerprint density at radius 1 is 1.33 bits per heavy atom. The molecule has 0 aliphatic heterocycles. The second-order valence-corrected chi connectivity index (χ2v) is 6.13. The molecule has 0 fully saturated rings. The number of thioether (sulfide) groups is 1. The van der Waals surface area contributed by atoms with Gasteiger partial charge in [-0.15, -0.1) is 23.1 Å². The molecule has 21 heavy (non-hydrogen) atoms. The van der Waals surface area contributed by atoms with Crippen LogP contribution in [0.2, 0.25) is 0 Å². The monoisotopic (exact) mass is 325 g/mol. The first-order valence-electron chi connectivity index (χ1n) is 5.99. The van der Waals surface area contributed by atoms with Gasteiger partial charge in [0.15, 0.2) is 0 Å². The largest absolute Gasteiger partial charge is 0.478 e. The molecule has 0 saturated heterocycles. The molecule has 4 nitrogen and oxygen atoms in total. The van der Waals surface area contributed by atoms with E-state index < -0.39 is 11.8 Å². The first kappa shape index (κ1) is 15.5. The van der Waals surface area contributed by atoms with E-state index in [9.17, 15) is 14.0 Å². The van der Waals surface area contributed by atoms with Crippen molar-refractivity contribution >= 4 is 40.7 Å². The maximum absolute atomic E-state index is 13.0. The summed E-state index contributed by atoms with van der Waals surface area (Å²) in [7, 11) is 0. The summed E-state index contributed by atoms with van der Waals surface area (Å²) in [5.41, 5.74) is -0.155. The van der Waals surface area contributed by atoms with Crippen LogP contribution < -0.4 is 5.32 Å². The molecule has 2 rings (SSSR count). The summed E-state index contributed by atoms with van der Waals surface area (Å²) >= 11 is 3.05. The Balaban J connectivity index is 1.92. The highest BCUT2D eigenvalue weighted by atomic mass is 32.2. The van der Waals surface area contributed by atoms with Crippen molar-refractivity contribution in [3.05, 3.63) is 52.0 Å². The number of benzene rings is 1. The minimum atomic E-state index is -1.28. The molecule has 0 bridgehead atoms. The van der Waals surface area contributed by atoms with Crippen molar-refractivity contribution in [2.45, 2.75) is 5.75 Å². The lowest BCUT2D eigenvalue weighted by molar-refractivity contribution is -0.113. The van der Waals surface area contributed by atoms with Gasteiger partial charge in [0.05, 0.1) is 17.0 Å². The van der Waals surface area contributed by atoms with Crippen LogP contribution in [-0.4, -0.2) is 22.7 Å². The zero-order valence-electron chi connectivity index (χ0n) is 10.8. The summed E-state index contributed by atoms with van der Waals surface area (Å²) in [4.78, 5) is 24.0. The Bertz CT molecular complexity index is 644. The van der Waals surface area contributed by atoms with Crippen LogP contribution in [0, 0.1) is 5.82 Å². The minimum absolute atomic E-state index is 0.102. The number of hydrogen-bond acceptors (Lipinski definition) is 4. The number of carboxylic acids is 1. The van der Waals surface area contributed by atoms with E-state index in [1.807, 2.05) is 17.5 Å². The summed E-state index contributed by atoms with van der Waals surface area (Å²) in [6.07, 6.45) is 0. The van der Waals surface area contributed by atoms with Gasteiger partial charge in [-0.1, -0.05) is 6.07 Å². The topological polar surface area (TPSA) is 66.4 Å². The van der Waals surface area contributed by atoms with Crippen LogP contribution in [0.3, 0.4) is 0 Å². The fourth-order valence-electron chi connectivity index (χ4n) is 1.63. The highest BCUT2D eigenvalue weighted by Gasteiger charge is 2.13. The van der Waals surface area contributed by atoms with E-state index in [4.69, 9.17) is 5.11 Å². The molecule has 0 radical (unpaired) electrons. The Morgan fingerprint density at radius 3 is 2.81 bits per heavy atom. The molecule has 0 saturated carbocycles. The SMILES string of the molecule is O=C(CSCc1cccs1)Nc1ccc(F)cc1C(=O)O. The summed E-state index contributed by atoms with van der Waals surface area (Å²) in [6.45, 7) is 0. The zero-order chi connectivity index (χ0) is 15.2. The predicted octanol–water partition coefficient (Wildman–Crippen LogP) is 3.46. The number of hydrogen-bond donors (Lipinski definition) is 2. The van der Waals surface area contributed by atoms with Gasteiger partial charge in [-0.3, -0.25) is 4.79 Å². The van der Waals surface area contributed by atoms with E-state index in [1.54, 1.807) is 11.3 Å². The third-order valence-corrected chi connectivity index (χ3v) is 4.58. The van der Waals surface area contributed by atoms with Crippen LogP contribution in [0.25, 0.3) is 0 Å². The number of carbonyl (C=O) groups is 2. The quantitative estimate of drug-likeness (QED) is 0.853. The van der Waals surface area contributed by atoms with Crippen LogP contribution in [0.1, 0.15) is 15.2 Å². The Labute approximate surface area is 129 Å². The first-order chi connectivity index (χ1) is 10.1. The number of thiophene rings is 1. The number of rotatable bonds is 6. The van der Waals surface area contributed by atoms with E-state index in [1.165, 1.54) is 22.7 Å². The van der Waals surface area contributed by atoms with Gasteiger partial charge in [0.25, 0.3) is 0 Å². The third kappa shape index (κ3) is 4.57. The predicted molar refractivity (Wildman–Crippen MR) is 82.5 cm³/mol. The van der Waals surface area contributed by atoms with Crippen molar-refractivity contribution in [3.8, 4) is 0 Å². The second-order valence-electron chi connectivity index (χ2n) is 4.12. The molecule has 7 heteroatoms. The lowest BCUT2D eigenvalue weighted by atomic mass is 10.1. The van der Waals surface area contributed by atoms with E-state index in [0.717, 1.165) is 17.9 Å². The average Bonchev–Trinajstić information content (AvgIpc) is 2.94. The van der Waals surface area contributed by atoms with Gasteiger partial charge in [0, 0.05) is 10.6 Å². The molecule has 0 unspecified atom stereocenters. The van der Waals surface area contributed by atoms with Crippen LogP contribution in [0.5, 0.6) is 0 Å². The molecule has 1 heterocycles. The summed E-state index contributed by atoms with van der Waals surface area (Å²) < 4.78 is 13.0. The molecular weight excluding hydrogens is 313 g/mol. The van der Waals surface area contributed by atoms with Crippen LogP contribution in [-0.2, 0) is 10.5 Å². The number of amides is 1. The van der Waals surface area contributed by atoms with Crippen molar-refractivity contribution in [1.82, 2.24) is 0 Å². The summed E-state index contributed by atoms with van der Waals surface area (Å²) in [5, 5.41) is 13.4. The normalized spacial score (nSPS) is 10.3. The highest BCUT2D eigenvalue weighted by molar-refractivity contribution is 7.99. The van der Waals surface area contributed by atoms with Gasteiger partial charge in [0.1, 0.15) is 5.82 Å². The molecule has 1 aromatic heterocycles. The van der Waals surface area contributed by atoms with Gasteiger partial charge < -0.3 is 10.4 Å². The van der Waals surface area contributed by atoms with E-state index in [-0.39, 0.29) is 22.9 Å². The van der Waals surface area contributed by atoms with Crippen molar-refractivity contribution in [1.29, 1.82) is 0 Å². The lowest BCUT2D eigenvalue weighted by Crippen LogP contribution is -2.16. The number of carbonyl (C=O) groups excluding carboxylic acids is 1. The summed E-state index contributed by atoms with van der Waals surface area (Å²) in [6, 6.07) is 7.18.